The fourth-order valence-electron chi connectivity index (χ4n) is 2.45. The molecule has 2 heterocycles. The van der Waals surface area contributed by atoms with Gasteiger partial charge in [0.15, 0.2) is 0 Å². The fraction of sp³-hybridized carbons (Fsp3) is 0.500. The van der Waals surface area contributed by atoms with Gasteiger partial charge in [0.25, 0.3) is 0 Å². The molecule has 2 nitrogen and oxygen atoms in total. The number of hydrogen-bond donors (Lipinski definition) is 0. The normalized spacial score (nSPS) is 29.9. The highest BCUT2D eigenvalue weighted by Crippen LogP contribution is 2.32. The van der Waals surface area contributed by atoms with Crippen LogP contribution in [0.2, 0.25) is 0 Å². The van der Waals surface area contributed by atoms with Crippen LogP contribution < -0.4 is 4.90 Å². The molecule has 14 heavy (non-hydrogen) atoms. The molecule has 2 bridgehead atoms. The Hall–Kier alpha value is -1.02. The van der Waals surface area contributed by atoms with Gasteiger partial charge in [0.1, 0.15) is 0 Å². The summed E-state index contributed by atoms with van der Waals surface area (Å²) in [7, 11) is 0. The summed E-state index contributed by atoms with van der Waals surface area (Å²) < 4.78 is 5.59. The number of benzene rings is 1. The van der Waals surface area contributed by atoms with Gasteiger partial charge in [0.05, 0.1) is 18.8 Å². The van der Waals surface area contributed by atoms with Gasteiger partial charge in [-0.15, -0.1) is 0 Å². The van der Waals surface area contributed by atoms with Gasteiger partial charge in [0.2, 0.25) is 0 Å². The minimum atomic E-state index is 0.487. The Morgan fingerprint density at radius 2 is 2.07 bits per heavy atom. The number of ether oxygens (including phenoxy) is 1. The fourth-order valence-corrected chi connectivity index (χ4v) is 2.45. The van der Waals surface area contributed by atoms with Gasteiger partial charge in [0, 0.05) is 12.2 Å². The minimum absolute atomic E-state index is 0.487. The van der Waals surface area contributed by atoms with Crippen molar-refractivity contribution in [3.05, 3.63) is 29.8 Å². The molecule has 2 aliphatic rings. The van der Waals surface area contributed by atoms with Crippen LogP contribution in [0.1, 0.15) is 12.0 Å². The van der Waals surface area contributed by atoms with Gasteiger partial charge in [-0.25, -0.2) is 0 Å². The van der Waals surface area contributed by atoms with Crippen molar-refractivity contribution in [3.8, 4) is 0 Å². The lowest BCUT2D eigenvalue weighted by Crippen LogP contribution is -2.36. The number of morpholine rings is 1. The summed E-state index contributed by atoms with van der Waals surface area (Å²) in [4.78, 5) is 2.48. The first-order valence-electron chi connectivity index (χ1n) is 5.28. The smallest absolute Gasteiger partial charge is 0.0771 e. The van der Waals surface area contributed by atoms with E-state index in [4.69, 9.17) is 4.74 Å². The largest absolute Gasteiger partial charge is 0.374 e. The molecular weight excluding hydrogens is 174 g/mol. The quantitative estimate of drug-likeness (QED) is 0.669. The first-order valence-corrected chi connectivity index (χ1v) is 5.28. The molecule has 2 atom stereocenters. The summed E-state index contributed by atoms with van der Waals surface area (Å²) in [5, 5.41) is 0. The van der Waals surface area contributed by atoms with E-state index in [2.05, 4.69) is 36.1 Å². The van der Waals surface area contributed by atoms with Crippen LogP contribution in [0, 0.1) is 6.92 Å². The van der Waals surface area contributed by atoms with Crippen LogP contribution in [0.5, 0.6) is 0 Å². The van der Waals surface area contributed by atoms with Gasteiger partial charge >= 0.3 is 0 Å². The summed E-state index contributed by atoms with van der Waals surface area (Å²) in [5.74, 6) is 0. The molecule has 0 N–H and O–H groups in total. The van der Waals surface area contributed by atoms with Crippen LogP contribution in [0.4, 0.5) is 5.69 Å². The van der Waals surface area contributed by atoms with E-state index in [-0.39, 0.29) is 0 Å². The van der Waals surface area contributed by atoms with Gasteiger partial charge in [-0.2, -0.15) is 0 Å². The van der Waals surface area contributed by atoms with Gasteiger partial charge < -0.3 is 9.64 Å². The summed E-state index contributed by atoms with van der Waals surface area (Å²) in [6, 6.07) is 9.43. The second-order valence-corrected chi connectivity index (χ2v) is 4.33. The molecule has 0 radical (unpaired) electrons. The van der Waals surface area contributed by atoms with E-state index in [1.54, 1.807) is 0 Å². The van der Waals surface area contributed by atoms with E-state index in [9.17, 15) is 0 Å². The Bertz CT molecular complexity index is 333. The van der Waals surface area contributed by atoms with Crippen molar-refractivity contribution >= 4 is 5.69 Å². The molecule has 0 aromatic heterocycles. The Morgan fingerprint density at radius 3 is 2.64 bits per heavy atom. The van der Waals surface area contributed by atoms with Crippen molar-refractivity contribution in [2.75, 3.05) is 18.1 Å². The molecule has 1 aromatic rings. The first-order chi connectivity index (χ1) is 6.83. The third-order valence-electron chi connectivity index (χ3n) is 3.27. The van der Waals surface area contributed by atoms with Crippen molar-refractivity contribution in [2.24, 2.45) is 0 Å². The highest BCUT2D eigenvalue weighted by molar-refractivity contribution is 5.50. The lowest BCUT2D eigenvalue weighted by molar-refractivity contribution is 0.0991. The van der Waals surface area contributed by atoms with Crippen LogP contribution in [-0.2, 0) is 4.74 Å². The lowest BCUT2D eigenvalue weighted by atomic mass is 10.2. The molecule has 2 saturated heterocycles. The zero-order valence-electron chi connectivity index (χ0n) is 8.44. The van der Waals surface area contributed by atoms with Gasteiger partial charge in [-0.3, -0.25) is 0 Å². The van der Waals surface area contributed by atoms with Crippen LogP contribution in [-0.4, -0.2) is 25.3 Å². The van der Waals surface area contributed by atoms with Gasteiger partial charge in [-0.05, 0) is 25.5 Å². The van der Waals surface area contributed by atoms with Crippen LogP contribution >= 0.6 is 0 Å². The number of anilines is 1. The third kappa shape index (κ3) is 1.22. The average Bonchev–Trinajstić information content (AvgIpc) is 2.80. The molecule has 2 fully saturated rings. The summed E-state index contributed by atoms with van der Waals surface area (Å²) >= 11 is 0. The van der Waals surface area contributed by atoms with E-state index in [1.807, 2.05) is 0 Å². The van der Waals surface area contributed by atoms with Crippen molar-refractivity contribution in [3.63, 3.8) is 0 Å². The lowest BCUT2D eigenvalue weighted by Gasteiger charge is -2.28. The topological polar surface area (TPSA) is 12.5 Å². The number of hydrogen-bond acceptors (Lipinski definition) is 2. The van der Waals surface area contributed by atoms with Crippen LogP contribution in [0.15, 0.2) is 24.3 Å². The third-order valence-corrected chi connectivity index (χ3v) is 3.27. The molecule has 2 unspecified atom stereocenters. The number of aryl methyl sites for hydroxylation is 1. The van der Waals surface area contributed by atoms with E-state index in [0.29, 0.717) is 12.1 Å². The highest BCUT2D eigenvalue weighted by atomic mass is 16.5. The van der Waals surface area contributed by atoms with Crippen LogP contribution in [0.25, 0.3) is 0 Å². The van der Waals surface area contributed by atoms with Crippen LogP contribution in [0.3, 0.4) is 0 Å². The highest BCUT2D eigenvalue weighted by Gasteiger charge is 2.38. The van der Waals surface area contributed by atoms with Crippen molar-refractivity contribution in [2.45, 2.75) is 25.5 Å². The first kappa shape index (κ1) is 8.30. The molecular formula is C12H15NO. The van der Waals surface area contributed by atoms with E-state index < -0.39 is 0 Å². The van der Waals surface area contributed by atoms with E-state index >= 15 is 0 Å². The molecule has 0 spiro atoms. The Kier molecular flexibility index (Phi) is 1.77. The van der Waals surface area contributed by atoms with Crippen molar-refractivity contribution in [1.29, 1.82) is 0 Å². The molecule has 0 saturated carbocycles. The predicted molar refractivity (Wildman–Crippen MR) is 56.7 cm³/mol. The zero-order valence-corrected chi connectivity index (χ0v) is 8.44. The summed E-state index contributed by atoms with van der Waals surface area (Å²) in [6.45, 7) is 4.12. The Labute approximate surface area is 84.5 Å². The minimum Gasteiger partial charge on any atom is -0.374 e. The second-order valence-electron chi connectivity index (χ2n) is 4.33. The molecule has 3 rings (SSSR count). The zero-order chi connectivity index (χ0) is 9.54. The Morgan fingerprint density at radius 1 is 1.29 bits per heavy atom. The maximum Gasteiger partial charge on any atom is 0.0771 e. The SMILES string of the molecule is Cc1ccc(N2CC3CC2CO3)cc1. The van der Waals surface area contributed by atoms with Gasteiger partial charge in [-0.1, -0.05) is 17.7 Å². The molecule has 0 amide bonds. The monoisotopic (exact) mass is 189 g/mol. The maximum absolute atomic E-state index is 5.59. The molecule has 74 valence electrons. The molecule has 1 aromatic carbocycles. The predicted octanol–water partition coefficient (Wildman–Crippen LogP) is 1.97. The number of nitrogens with zero attached hydrogens (tertiary/aromatic N) is 1. The molecule has 0 aliphatic carbocycles. The van der Waals surface area contributed by atoms with Crippen molar-refractivity contribution < 1.29 is 4.74 Å². The standard InChI is InChI=1S/C12H15NO/c1-9-2-4-10(5-3-9)13-7-12-6-11(13)8-14-12/h2-5,11-12H,6-8H2,1H3. The van der Waals surface area contributed by atoms with Crippen molar-refractivity contribution in [1.82, 2.24) is 0 Å². The van der Waals surface area contributed by atoms with E-state index in [0.717, 1.165) is 13.2 Å². The summed E-state index contributed by atoms with van der Waals surface area (Å²) in [6.07, 6.45) is 1.70. The average molecular weight is 189 g/mol. The molecule has 2 aliphatic heterocycles. The Balaban J connectivity index is 1.86. The number of rotatable bonds is 1. The van der Waals surface area contributed by atoms with E-state index in [1.165, 1.54) is 17.7 Å². The number of fused-ring (bicyclic) bond motifs is 2. The maximum atomic E-state index is 5.59. The molecule has 2 heteroatoms. The summed E-state index contributed by atoms with van der Waals surface area (Å²) in [5.41, 5.74) is 2.68. The second kappa shape index (κ2) is 2.99.